The second kappa shape index (κ2) is 11.1. The molecule has 6 atom stereocenters. The molecule has 0 amide bonds. The van der Waals surface area contributed by atoms with Gasteiger partial charge in [0.25, 0.3) is 0 Å². The molecular weight excluding hydrogens is 462 g/mol. The van der Waals surface area contributed by atoms with E-state index in [1.54, 1.807) is 24.5 Å². The molecule has 0 aliphatic heterocycles. The number of aliphatic hydroxyl groups excluding tert-OH is 2. The molecule has 1 heterocycles. The maximum atomic E-state index is 12.6. The molecule has 1 aromatic rings. The first-order chi connectivity index (χ1) is 17.8. The first kappa shape index (κ1) is 26.1. The lowest BCUT2D eigenvalue weighted by Gasteiger charge is -2.42. The maximum absolute atomic E-state index is 12.6. The minimum atomic E-state index is -0.642. The molecule has 5 nitrogen and oxygen atoms in total. The minimum absolute atomic E-state index is 0.145. The fourth-order valence-corrected chi connectivity index (χ4v) is 6.97. The summed E-state index contributed by atoms with van der Waals surface area (Å²) in [5.74, 6) is 1.37. The molecule has 0 aromatic carbocycles. The van der Waals surface area contributed by atoms with Crippen LogP contribution in [0.25, 0.3) is 0 Å². The zero-order chi connectivity index (χ0) is 26.0. The van der Waals surface area contributed by atoms with Gasteiger partial charge in [-0.25, -0.2) is 4.79 Å². The van der Waals surface area contributed by atoms with Crippen LogP contribution in [0, 0.1) is 23.2 Å². The average Bonchev–Trinajstić information content (AvgIpc) is 3.68. The van der Waals surface area contributed by atoms with Crippen LogP contribution in [0.3, 0.4) is 0 Å². The first-order valence-electron chi connectivity index (χ1n) is 14.1. The van der Waals surface area contributed by atoms with Gasteiger partial charge in [0, 0.05) is 18.8 Å². The van der Waals surface area contributed by atoms with Crippen molar-refractivity contribution in [3.63, 3.8) is 0 Å². The summed E-state index contributed by atoms with van der Waals surface area (Å²) < 4.78 is 5.88. The smallest absolute Gasteiger partial charge is 0.338 e. The van der Waals surface area contributed by atoms with Gasteiger partial charge >= 0.3 is 5.97 Å². The summed E-state index contributed by atoms with van der Waals surface area (Å²) in [4.78, 5) is 16.6. The zero-order valence-electron chi connectivity index (χ0n) is 22.0. The van der Waals surface area contributed by atoms with Gasteiger partial charge in [0.05, 0.1) is 17.8 Å². The molecule has 5 rings (SSSR count). The normalized spacial score (nSPS) is 35.2. The number of allylic oxidation sites excluding steroid dienone is 4. The summed E-state index contributed by atoms with van der Waals surface area (Å²) in [6, 6.07) is 3.40. The molecule has 1 aromatic heterocycles. The van der Waals surface area contributed by atoms with E-state index in [2.05, 4.69) is 42.8 Å². The number of pyridine rings is 1. The van der Waals surface area contributed by atoms with E-state index in [1.807, 2.05) is 0 Å². The van der Waals surface area contributed by atoms with Gasteiger partial charge in [0.2, 0.25) is 0 Å². The van der Waals surface area contributed by atoms with Crippen LogP contribution in [0.5, 0.6) is 0 Å². The Morgan fingerprint density at radius 3 is 2.76 bits per heavy atom. The monoisotopic (exact) mass is 503 g/mol. The largest absolute Gasteiger partial charge is 0.454 e. The molecule has 2 N–H and O–H groups in total. The molecule has 198 valence electrons. The van der Waals surface area contributed by atoms with Gasteiger partial charge in [-0.1, -0.05) is 37.3 Å². The Hall–Kier alpha value is -2.50. The highest BCUT2D eigenvalue weighted by Gasteiger charge is 2.48. The molecule has 4 aliphatic rings. The SMILES string of the molecule is C=C1/C(=C\C=C2/CCCC3(C)C(C/C=C/C(OC(=O)c4ccncc4)C4CC4)CCC23)CC(O)CC1O. The van der Waals surface area contributed by atoms with E-state index in [4.69, 9.17) is 4.74 Å². The predicted molar refractivity (Wildman–Crippen MR) is 145 cm³/mol. The van der Waals surface area contributed by atoms with E-state index in [0.717, 1.165) is 36.8 Å². The number of aliphatic hydroxyl groups is 2. The summed E-state index contributed by atoms with van der Waals surface area (Å²) in [6.07, 6.45) is 21.0. The van der Waals surface area contributed by atoms with Crippen molar-refractivity contribution >= 4 is 5.97 Å². The van der Waals surface area contributed by atoms with Gasteiger partial charge in [-0.15, -0.1) is 0 Å². The van der Waals surface area contributed by atoms with E-state index in [0.29, 0.717) is 36.2 Å². The molecule has 37 heavy (non-hydrogen) atoms. The Bertz CT molecular complexity index is 1090. The van der Waals surface area contributed by atoms with E-state index >= 15 is 0 Å². The molecule has 0 bridgehead atoms. The Labute approximate surface area is 221 Å². The third-order valence-electron chi connectivity index (χ3n) is 9.42. The highest BCUT2D eigenvalue weighted by Crippen LogP contribution is 2.58. The molecule has 0 radical (unpaired) electrons. The Balaban J connectivity index is 1.23. The zero-order valence-corrected chi connectivity index (χ0v) is 22.0. The van der Waals surface area contributed by atoms with E-state index < -0.39 is 12.2 Å². The summed E-state index contributed by atoms with van der Waals surface area (Å²) in [5, 5.41) is 20.3. The molecule has 4 aliphatic carbocycles. The number of fused-ring (bicyclic) bond motifs is 1. The van der Waals surface area contributed by atoms with Gasteiger partial charge in [-0.3, -0.25) is 4.98 Å². The maximum Gasteiger partial charge on any atom is 0.338 e. The van der Waals surface area contributed by atoms with Crippen molar-refractivity contribution in [1.29, 1.82) is 0 Å². The second-order valence-electron chi connectivity index (χ2n) is 11.9. The summed E-state index contributed by atoms with van der Waals surface area (Å²) >= 11 is 0. The molecule has 4 saturated carbocycles. The molecule has 4 fully saturated rings. The van der Waals surface area contributed by atoms with Crippen LogP contribution in [0.1, 0.15) is 81.5 Å². The summed E-state index contributed by atoms with van der Waals surface area (Å²) in [6.45, 7) is 6.54. The van der Waals surface area contributed by atoms with E-state index in [9.17, 15) is 15.0 Å². The first-order valence-corrected chi connectivity index (χ1v) is 14.1. The Morgan fingerprint density at radius 2 is 2.00 bits per heavy atom. The van der Waals surface area contributed by atoms with Crippen LogP contribution in [-0.4, -0.2) is 39.5 Å². The highest BCUT2D eigenvalue weighted by atomic mass is 16.5. The summed E-state index contributed by atoms with van der Waals surface area (Å²) in [7, 11) is 0. The van der Waals surface area contributed by atoms with Crippen molar-refractivity contribution < 1.29 is 19.7 Å². The number of carbonyl (C=O) groups is 1. The van der Waals surface area contributed by atoms with Crippen LogP contribution in [0.15, 0.2) is 72.1 Å². The third kappa shape index (κ3) is 5.83. The molecule has 5 heteroatoms. The Kier molecular flexibility index (Phi) is 7.83. The fraction of sp³-hybridized carbons (Fsp3) is 0.562. The number of carbonyl (C=O) groups excluding carboxylic acids is 1. The number of hydrogen-bond donors (Lipinski definition) is 2. The molecule has 6 unspecified atom stereocenters. The quantitative estimate of drug-likeness (QED) is 0.347. The van der Waals surface area contributed by atoms with Crippen LogP contribution in [-0.2, 0) is 4.74 Å². The molecule has 0 spiro atoms. The highest BCUT2D eigenvalue weighted by molar-refractivity contribution is 5.89. The average molecular weight is 504 g/mol. The van der Waals surface area contributed by atoms with Crippen molar-refractivity contribution in [1.82, 2.24) is 4.98 Å². The van der Waals surface area contributed by atoms with Crippen molar-refractivity contribution in [2.75, 3.05) is 0 Å². The fourth-order valence-electron chi connectivity index (χ4n) is 6.97. The van der Waals surface area contributed by atoms with Crippen LogP contribution < -0.4 is 0 Å². The number of hydrogen-bond acceptors (Lipinski definition) is 5. The minimum Gasteiger partial charge on any atom is -0.454 e. The number of nitrogens with zero attached hydrogens (tertiary/aromatic N) is 1. The number of esters is 1. The molecular formula is C32H41NO4. The topological polar surface area (TPSA) is 79.7 Å². The van der Waals surface area contributed by atoms with Crippen LogP contribution >= 0.6 is 0 Å². The lowest BCUT2D eigenvalue weighted by Crippen LogP contribution is -2.33. The van der Waals surface area contributed by atoms with Crippen molar-refractivity contribution in [3.8, 4) is 0 Å². The van der Waals surface area contributed by atoms with Crippen molar-refractivity contribution in [2.45, 2.75) is 89.4 Å². The van der Waals surface area contributed by atoms with Gasteiger partial charge in [0.15, 0.2) is 0 Å². The van der Waals surface area contributed by atoms with Crippen LogP contribution in [0.4, 0.5) is 0 Å². The summed E-state index contributed by atoms with van der Waals surface area (Å²) in [5.41, 5.74) is 4.08. The van der Waals surface area contributed by atoms with Gasteiger partial charge < -0.3 is 14.9 Å². The van der Waals surface area contributed by atoms with Crippen molar-refractivity contribution in [3.05, 3.63) is 77.7 Å². The van der Waals surface area contributed by atoms with Gasteiger partial charge in [-0.05, 0) is 110 Å². The number of aromatic nitrogens is 1. The second-order valence-corrected chi connectivity index (χ2v) is 11.9. The number of ether oxygens (including phenoxy) is 1. The lowest BCUT2D eigenvalue weighted by atomic mass is 9.63. The Morgan fingerprint density at radius 1 is 1.22 bits per heavy atom. The number of rotatable bonds is 7. The molecule has 0 saturated heterocycles. The van der Waals surface area contributed by atoms with Gasteiger partial charge in [-0.2, -0.15) is 0 Å². The van der Waals surface area contributed by atoms with Crippen molar-refractivity contribution in [2.24, 2.45) is 23.2 Å². The third-order valence-corrected chi connectivity index (χ3v) is 9.42. The lowest BCUT2D eigenvalue weighted by molar-refractivity contribution is 0.0354. The van der Waals surface area contributed by atoms with Crippen LogP contribution in [0.2, 0.25) is 0 Å². The van der Waals surface area contributed by atoms with E-state index in [-0.39, 0.29) is 17.5 Å². The standard InChI is InChI=1S/C32H41NO4/c1-21-25(19-27(34)20-29(21)35)11-8-22-5-4-16-32(2)26(12-13-28(22)32)6-3-7-30(23-9-10-23)37-31(36)24-14-17-33-18-15-24/h3,7-8,11,14-15,17-18,23,26-30,34-35H,1,4-6,9-10,12-13,16,19-20H2,2H3/b7-3+,22-8+,25-11-. The van der Waals surface area contributed by atoms with E-state index in [1.165, 1.54) is 31.3 Å². The predicted octanol–water partition coefficient (Wildman–Crippen LogP) is 6.10. The van der Waals surface area contributed by atoms with Gasteiger partial charge in [0.1, 0.15) is 6.10 Å².